The topological polar surface area (TPSA) is 118 Å². The molecule has 0 saturated carbocycles. The Hall–Kier alpha value is -4.30. The lowest BCUT2D eigenvalue weighted by atomic mass is 10.2. The first-order valence-corrected chi connectivity index (χ1v) is 11.8. The van der Waals surface area contributed by atoms with Crippen molar-refractivity contribution >= 4 is 45.7 Å². The number of anilines is 3. The molecule has 1 aliphatic rings. The molecule has 0 radical (unpaired) electrons. The van der Waals surface area contributed by atoms with E-state index in [0.717, 1.165) is 0 Å². The summed E-state index contributed by atoms with van der Waals surface area (Å²) in [5.41, 5.74) is 2.01. The van der Waals surface area contributed by atoms with Crippen LogP contribution in [0.2, 0.25) is 5.02 Å². The molecule has 1 saturated heterocycles. The van der Waals surface area contributed by atoms with Crippen molar-refractivity contribution in [1.29, 1.82) is 0 Å². The molecule has 5 heterocycles. The predicted molar refractivity (Wildman–Crippen MR) is 133 cm³/mol. The van der Waals surface area contributed by atoms with Gasteiger partial charge in [0.05, 0.1) is 11.2 Å². The Morgan fingerprint density at radius 3 is 2.82 bits per heavy atom. The summed E-state index contributed by atoms with van der Waals surface area (Å²) in [6.07, 6.45) is 1.61. The Labute approximate surface area is 217 Å². The van der Waals surface area contributed by atoms with Crippen LogP contribution in [-0.2, 0) is 0 Å². The van der Waals surface area contributed by atoms with E-state index in [1.165, 1.54) is 23.8 Å². The number of aromatic nitrogens is 7. The van der Waals surface area contributed by atoms with Crippen LogP contribution in [0.25, 0.3) is 16.7 Å². The lowest BCUT2D eigenvalue weighted by molar-refractivity contribution is -0.155. The summed E-state index contributed by atoms with van der Waals surface area (Å²) in [5, 5.41) is 10.0. The van der Waals surface area contributed by atoms with E-state index in [-0.39, 0.29) is 19.0 Å². The zero-order valence-electron chi connectivity index (χ0n) is 19.4. The first-order chi connectivity index (χ1) is 18.3. The number of alkyl halides is 3. The fourth-order valence-electron chi connectivity index (χ4n) is 4.02. The molecular weight excluding hydrogens is 525 g/mol. The molecule has 0 spiro atoms. The summed E-state index contributed by atoms with van der Waals surface area (Å²) in [5.74, 6) is 1.48. The SMILES string of the molecule is FC(F)(F)[C@H]1CN(c2ncc3ncnc(Nc4ccc(Oc5ccn6ncnc6c5)c(Cl)c4)c3n2)CCN1. The number of ether oxygens (including phenoxy) is 1. The van der Waals surface area contributed by atoms with Gasteiger partial charge in [-0.05, 0) is 24.3 Å². The number of rotatable bonds is 5. The minimum absolute atomic E-state index is 0.154. The van der Waals surface area contributed by atoms with E-state index in [9.17, 15) is 13.2 Å². The van der Waals surface area contributed by atoms with Crippen LogP contribution in [-0.4, -0.2) is 66.4 Å². The normalized spacial score (nSPS) is 16.2. The number of benzene rings is 1. The van der Waals surface area contributed by atoms with E-state index in [1.54, 1.807) is 41.0 Å². The van der Waals surface area contributed by atoms with Gasteiger partial charge in [0.2, 0.25) is 5.95 Å². The van der Waals surface area contributed by atoms with Crippen LogP contribution >= 0.6 is 11.6 Å². The van der Waals surface area contributed by atoms with Crippen molar-refractivity contribution in [3.8, 4) is 11.5 Å². The Morgan fingerprint density at radius 2 is 1.97 bits per heavy atom. The molecule has 1 aliphatic heterocycles. The van der Waals surface area contributed by atoms with Crippen LogP contribution in [0, 0.1) is 0 Å². The van der Waals surface area contributed by atoms with E-state index in [4.69, 9.17) is 16.3 Å². The van der Waals surface area contributed by atoms with Crippen LogP contribution in [0.1, 0.15) is 0 Å². The van der Waals surface area contributed by atoms with Gasteiger partial charge in [0.25, 0.3) is 0 Å². The highest BCUT2D eigenvalue weighted by atomic mass is 35.5. The Morgan fingerprint density at radius 1 is 1.08 bits per heavy atom. The Balaban J connectivity index is 1.24. The molecule has 1 fully saturated rings. The van der Waals surface area contributed by atoms with Crippen LogP contribution in [0.15, 0.2) is 55.4 Å². The lowest BCUT2D eigenvalue weighted by Gasteiger charge is -2.34. The highest BCUT2D eigenvalue weighted by Gasteiger charge is 2.42. The van der Waals surface area contributed by atoms with E-state index >= 15 is 0 Å². The number of fused-ring (bicyclic) bond motifs is 2. The summed E-state index contributed by atoms with van der Waals surface area (Å²) in [6, 6.07) is 6.91. The molecule has 1 aromatic carbocycles. The van der Waals surface area contributed by atoms with Gasteiger partial charge in [-0.2, -0.15) is 18.3 Å². The number of halogens is 4. The minimum atomic E-state index is -4.37. The smallest absolute Gasteiger partial charge is 0.405 e. The number of hydrogen-bond acceptors (Lipinski definition) is 10. The average Bonchev–Trinajstić information content (AvgIpc) is 3.38. The summed E-state index contributed by atoms with van der Waals surface area (Å²) >= 11 is 6.48. The number of nitrogens with one attached hydrogen (secondary N) is 2. The molecule has 11 nitrogen and oxygen atoms in total. The lowest BCUT2D eigenvalue weighted by Crippen LogP contribution is -2.57. The van der Waals surface area contributed by atoms with Crippen molar-refractivity contribution in [1.82, 2.24) is 39.9 Å². The molecule has 0 unspecified atom stereocenters. The number of pyridine rings is 1. The van der Waals surface area contributed by atoms with E-state index in [2.05, 4.69) is 40.7 Å². The average molecular weight is 543 g/mol. The molecular formula is C23H18ClF3N10O. The fraction of sp³-hybridized carbons (Fsp3) is 0.217. The standard InChI is InChI=1S/C23H18ClF3N10O/c24-15-7-13(1-2-17(15)38-14-3-5-37-19(8-14)31-12-33-37)34-21-20-16(30-11-32-21)9-29-22(35-20)36-6-4-28-18(10-36)23(25,26)27/h1-3,5,7-9,11-12,18,28H,4,6,10H2,(H,30,32,34)/t18-/m1/s1. The quantitative estimate of drug-likeness (QED) is 0.337. The van der Waals surface area contributed by atoms with Crippen LogP contribution in [0.3, 0.4) is 0 Å². The number of hydrogen-bond donors (Lipinski definition) is 2. The van der Waals surface area contributed by atoms with Crippen molar-refractivity contribution in [2.45, 2.75) is 12.2 Å². The second-order valence-electron chi connectivity index (χ2n) is 8.42. The van der Waals surface area contributed by atoms with E-state index in [1.807, 2.05) is 0 Å². The molecule has 1 atom stereocenters. The van der Waals surface area contributed by atoms with Gasteiger partial charge >= 0.3 is 6.18 Å². The third-order valence-electron chi connectivity index (χ3n) is 5.89. The fourth-order valence-corrected chi connectivity index (χ4v) is 4.24. The van der Waals surface area contributed by atoms with Gasteiger partial charge in [-0.15, -0.1) is 0 Å². The minimum Gasteiger partial charge on any atom is -0.456 e. The van der Waals surface area contributed by atoms with Gasteiger partial charge in [-0.1, -0.05) is 11.6 Å². The second kappa shape index (κ2) is 9.54. The van der Waals surface area contributed by atoms with Crippen LogP contribution in [0.5, 0.6) is 11.5 Å². The summed E-state index contributed by atoms with van der Waals surface area (Å²) in [6.45, 7) is 0.184. The first-order valence-electron chi connectivity index (χ1n) is 11.4. The molecule has 4 aromatic heterocycles. The summed E-state index contributed by atoms with van der Waals surface area (Å²) in [7, 11) is 0. The number of nitrogens with zero attached hydrogens (tertiary/aromatic N) is 8. The molecule has 2 N–H and O–H groups in total. The molecule has 0 bridgehead atoms. The van der Waals surface area contributed by atoms with Gasteiger partial charge in [-0.3, -0.25) is 0 Å². The largest absolute Gasteiger partial charge is 0.456 e. The number of piperazine rings is 1. The second-order valence-corrected chi connectivity index (χ2v) is 8.83. The van der Waals surface area contributed by atoms with E-state index in [0.29, 0.717) is 51.3 Å². The first kappa shape index (κ1) is 24.1. The summed E-state index contributed by atoms with van der Waals surface area (Å²) in [4.78, 5) is 22.8. The molecule has 15 heteroatoms. The van der Waals surface area contributed by atoms with Gasteiger partial charge in [-0.25, -0.2) is 29.4 Å². The van der Waals surface area contributed by atoms with Crippen molar-refractivity contribution in [3.63, 3.8) is 0 Å². The van der Waals surface area contributed by atoms with Gasteiger partial charge in [0, 0.05) is 37.6 Å². The van der Waals surface area contributed by atoms with Gasteiger partial charge in [0.15, 0.2) is 11.5 Å². The van der Waals surface area contributed by atoms with Crippen molar-refractivity contribution in [2.75, 3.05) is 29.9 Å². The van der Waals surface area contributed by atoms with Gasteiger partial charge in [0.1, 0.15) is 41.2 Å². The van der Waals surface area contributed by atoms with Crippen LogP contribution < -0.4 is 20.3 Å². The third-order valence-corrected chi connectivity index (χ3v) is 6.19. The zero-order valence-corrected chi connectivity index (χ0v) is 20.1. The maximum atomic E-state index is 13.2. The Kier molecular flexibility index (Phi) is 6.04. The van der Waals surface area contributed by atoms with Crippen molar-refractivity contribution in [3.05, 3.63) is 60.4 Å². The monoisotopic (exact) mass is 542 g/mol. The molecule has 0 aliphatic carbocycles. The van der Waals surface area contributed by atoms with Crippen molar-refractivity contribution in [2.24, 2.45) is 0 Å². The maximum absolute atomic E-state index is 13.2. The Bertz CT molecular complexity index is 1630. The van der Waals surface area contributed by atoms with Crippen LogP contribution in [0.4, 0.5) is 30.6 Å². The van der Waals surface area contributed by atoms with Crippen molar-refractivity contribution < 1.29 is 17.9 Å². The zero-order chi connectivity index (χ0) is 26.3. The molecule has 5 aromatic rings. The molecule has 194 valence electrons. The van der Waals surface area contributed by atoms with E-state index < -0.39 is 12.2 Å². The maximum Gasteiger partial charge on any atom is 0.405 e. The highest BCUT2D eigenvalue weighted by Crippen LogP contribution is 2.33. The van der Waals surface area contributed by atoms with Gasteiger partial charge < -0.3 is 20.3 Å². The molecule has 38 heavy (non-hydrogen) atoms. The predicted octanol–water partition coefficient (Wildman–Crippen LogP) is 3.99. The highest BCUT2D eigenvalue weighted by molar-refractivity contribution is 6.32. The molecule has 0 amide bonds. The molecule has 6 rings (SSSR count). The third kappa shape index (κ3) is 4.82. The summed E-state index contributed by atoms with van der Waals surface area (Å²) < 4.78 is 47.2.